The fraction of sp³-hybridized carbons (Fsp3) is 0.120. The molecule has 2 atom stereocenters. The minimum absolute atomic E-state index is 0.0248. The minimum Gasteiger partial charge on any atom is -0.326 e. The maximum absolute atomic E-state index is 12.7. The van der Waals surface area contributed by atoms with Gasteiger partial charge in [-0.3, -0.25) is 19.6 Å². The lowest BCUT2D eigenvalue weighted by Gasteiger charge is -2.07. The molecule has 1 aliphatic carbocycles. The summed E-state index contributed by atoms with van der Waals surface area (Å²) in [6.07, 6.45) is 7.62. The Morgan fingerprint density at radius 3 is 2.45 bits per heavy atom. The summed E-state index contributed by atoms with van der Waals surface area (Å²) < 4.78 is 0. The molecule has 1 saturated carbocycles. The second kappa shape index (κ2) is 7.99. The number of hydrogen-bond donors (Lipinski definition) is 2. The largest absolute Gasteiger partial charge is 0.326 e. The molecule has 0 saturated heterocycles. The topological polar surface area (TPSA) is 84.0 Å². The first-order valence-corrected chi connectivity index (χ1v) is 10.1. The fourth-order valence-electron chi connectivity index (χ4n) is 3.77. The van der Waals surface area contributed by atoms with Crippen molar-refractivity contribution < 1.29 is 9.59 Å². The van der Waals surface area contributed by atoms with E-state index >= 15 is 0 Å². The van der Waals surface area contributed by atoms with Gasteiger partial charge in [0.1, 0.15) is 0 Å². The quantitative estimate of drug-likeness (QED) is 0.505. The summed E-state index contributed by atoms with van der Waals surface area (Å²) in [7, 11) is 0. The van der Waals surface area contributed by atoms with Crippen LogP contribution < -0.4 is 10.6 Å². The zero-order chi connectivity index (χ0) is 21.2. The van der Waals surface area contributed by atoms with Crippen LogP contribution in [0.15, 0.2) is 85.5 Å². The third kappa shape index (κ3) is 4.14. The maximum Gasteiger partial charge on any atom is 0.255 e. The molecule has 2 N–H and O–H groups in total. The molecule has 1 fully saturated rings. The van der Waals surface area contributed by atoms with Gasteiger partial charge in [-0.25, -0.2) is 0 Å². The molecule has 0 radical (unpaired) electrons. The first-order valence-electron chi connectivity index (χ1n) is 10.1. The van der Waals surface area contributed by atoms with Crippen molar-refractivity contribution in [3.05, 3.63) is 96.6 Å². The molecule has 0 bridgehead atoms. The lowest BCUT2D eigenvalue weighted by Crippen LogP contribution is -2.14. The van der Waals surface area contributed by atoms with Crippen LogP contribution in [0.4, 0.5) is 11.4 Å². The van der Waals surface area contributed by atoms with Crippen molar-refractivity contribution in [2.45, 2.75) is 12.3 Å². The van der Waals surface area contributed by atoms with E-state index in [1.54, 1.807) is 49.1 Å². The van der Waals surface area contributed by atoms with Crippen LogP contribution in [0, 0.1) is 5.92 Å². The van der Waals surface area contributed by atoms with Crippen molar-refractivity contribution in [3.8, 4) is 0 Å². The molecule has 0 spiro atoms. The molecular weight excluding hydrogens is 388 g/mol. The first kappa shape index (κ1) is 18.9. The predicted molar refractivity (Wildman–Crippen MR) is 120 cm³/mol. The summed E-state index contributed by atoms with van der Waals surface area (Å²) >= 11 is 0. The number of amides is 2. The molecule has 6 nitrogen and oxygen atoms in total. The van der Waals surface area contributed by atoms with Crippen molar-refractivity contribution >= 4 is 34.0 Å². The van der Waals surface area contributed by atoms with Gasteiger partial charge in [-0.1, -0.05) is 18.2 Å². The third-order valence-corrected chi connectivity index (χ3v) is 5.56. The third-order valence-electron chi connectivity index (χ3n) is 5.56. The van der Waals surface area contributed by atoms with Gasteiger partial charge >= 0.3 is 0 Å². The Morgan fingerprint density at radius 1 is 0.806 bits per heavy atom. The molecule has 6 heteroatoms. The minimum atomic E-state index is -0.184. The van der Waals surface area contributed by atoms with Crippen LogP contribution in [-0.4, -0.2) is 21.8 Å². The van der Waals surface area contributed by atoms with E-state index in [9.17, 15) is 9.59 Å². The summed E-state index contributed by atoms with van der Waals surface area (Å²) in [6.45, 7) is 0. The Hall–Kier alpha value is -4.06. The Labute approximate surface area is 179 Å². The van der Waals surface area contributed by atoms with Crippen LogP contribution in [0.2, 0.25) is 0 Å². The van der Waals surface area contributed by atoms with Crippen molar-refractivity contribution in [3.63, 3.8) is 0 Å². The average molecular weight is 408 g/mol. The van der Waals surface area contributed by atoms with Crippen LogP contribution in [0.1, 0.15) is 28.3 Å². The normalized spacial score (nSPS) is 17.2. The maximum atomic E-state index is 12.7. The van der Waals surface area contributed by atoms with Crippen LogP contribution in [0.25, 0.3) is 10.8 Å². The van der Waals surface area contributed by atoms with Gasteiger partial charge in [-0.15, -0.1) is 0 Å². The van der Waals surface area contributed by atoms with Crippen molar-refractivity contribution in [2.24, 2.45) is 5.92 Å². The number of carbonyl (C=O) groups is 2. The molecule has 1 aliphatic rings. The van der Waals surface area contributed by atoms with E-state index in [0.717, 1.165) is 28.4 Å². The molecule has 31 heavy (non-hydrogen) atoms. The average Bonchev–Trinajstić information content (AvgIpc) is 3.61. The Kier molecular flexibility index (Phi) is 4.88. The van der Waals surface area contributed by atoms with Crippen LogP contribution >= 0.6 is 0 Å². The predicted octanol–water partition coefficient (Wildman–Crippen LogP) is 4.62. The monoisotopic (exact) mass is 408 g/mol. The molecular formula is C25H20N4O2. The summed E-state index contributed by atoms with van der Waals surface area (Å²) in [6, 6.07) is 18.8. The van der Waals surface area contributed by atoms with Gasteiger partial charge < -0.3 is 10.6 Å². The number of hydrogen-bond acceptors (Lipinski definition) is 4. The number of nitrogens with one attached hydrogen (secondary N) is 2. The number of anilines is 2. The standard InChI is InChI=1S/C25H20N4O2/c30-24(29-21-2-1-10-26-15-21)17-5-3-16(4-6-17)22-13-23(22)25(31)28-20-8-7-19-14-27-11-9-18(19)12-20/h1-12,14-15,22-23H,13H2,(H,28,31)(H,29,30)/t22-,23+/m0/s1. The van der Waals surface area contributed by atoms with E-state index in [-0.39, 0.29) is 23.7 Å². The molecule has 2 amide bonds. The van der Waals surface area contributed by atoms with Gasteiger partial charge in [-0.05, 0) is 65.8 Å². The van der Waals surface area contributed by atoms with Crippen LogP contribution in [0.5, 0.6) is 0 Å². The van der Waals surface area contributed by atoms with Crippen molar-refractivity contribution in [1.82, 2.24) is 9.97 Å². The molecule has 2 aromatic heterocycles. The van der Waals surface area contributed by atoms with E-state index in [1.165, 1.54) is 0 Å². The highest BCUT2D eigenvalue weighted by atomic mass is 16.2. The summed E-state index contributed by atoms with van der Waals surface area (Å²) in [4.78, 5) is 33.2. The lowest BCUT2D eigenvalue weighted by atomic mass is 10.1. The fourth-order valence-corrected chi connectivity index (χ4v) is 3.77. The van der Waals surface area contributed by atoms with Crippen LogP contribution in [-0.2, 0) is 4.79 Å². The lowest BCUT2D eigenvalue weighted by molar-refractivity contribution is -0.117. The molecule has 4 aromatic rings. The number of aromatic nitrogens is 2. The molecule has 2 heterocycles. The van der Waals surface area contributed by atoms with Gasteiger partial charge in [0.25, 0.3) is 5.91 Å². The zero-order valence-electron chi connectivity index (χ0n) is 16.7. The van der Waals surface area contributed by atoms with Crippen LogP contribution in [0.3, 0.4) is 0 Å². The summed E-state index contributed by atoms with van der Waals surface area (Å²) in [5.74, 6) is -0.0313. The van der Waals surface area contributed by atoms with E-state index in [1.807, 2.05) is 36.4 Å². The van der Waals surface area contributed by atoms with Gasteiger partial charge in [0.05, 0.1) is 11.9 Å². The van der Waals surface area contributed by atoms with E-state index in [0.29, 0.717) is 11.3 Å². The molecule has 5 rings (SSSR count). The number of carbonyl (C=O) groups excluding carboxylic acids is 2. The van der Waals surface area contributed by atoms with Gasteiger partial charge in [0, 0.05) is 41.1 Å². The highest BCUT2D eigenvalue weighted by molar-refractivity contribution is 6.04. The molecule has 0 aliphatic heterocycles. The summed E-state index contributed by atoms with van der Waals surface area (Å²) in [5.41, 5.74) is 3.08. The highest BCUT2D eigenvalue weighted by Crippen LogP contribution is 2.48. The summed E-state index contributed by atoms with van der Waals surface area (Å²) in [5, 5.41) is 7.92. The second-order valence-electron chi connectivity index (χ2n) is 7.69. The van der Waals surface area contributed by atoms with E-state index < -0.39 is 0 Å². The first-order chi connectivity index (χ1) is 15.2. The van der Waals surface area contributed by atoms with Gasteiger partial charge in [-0.2, -0.15) is 0 Å². The number of fused-ring (bicyclic) bond motifs is 1. The molecule has 0 unspecified atom stereocenters. The van der Waals surface area contributed by atoms with E-state index in [4.69, 9.17) is 0 Å². The number of rotatable bonds is 5. The van der Waals surface area contributed by atoms with Crippen molar-refractivity contribution in [2.75, 3.05) is 10.6 Å². The molecule has 152 valence electrons. The van der Waals surface area contributed by atoms with Gasteiger partial charge in [0.15, 0.2) is 0 Å². The van der Waals surface area contributed by atoms with Gasteiger partial charge in [0.2, 0.25) is 5.91 Å². The molecule has 2 aromatic carbocycles. The highest BCUT2D eigenvalue weighted by Gasteiger charge is 2.43. The Morgan fingerprint density at radius 2 is 1.65 bits per heavy atom. The van der Waals surface area contributed by atoms with Crippen molar-refractivity contribution in [1.29, 1.82) is 0 Å². The number of pyridine rings is 2. The number of benzene rings is 2. The second-order valence-corrected chi connectivity index (χ2v) is 7.69. The Bertz CT molecular complexity index is 1260. The Balaban J connectivity index is 1.21. The zero-order valence-corrected chi connectivity index (χ0v) is 16.7. The number of nitrogens with zero attached hydrogens (tertiary/aromatic N) is 2. The smallest absolute Gasteiger partial charge is 0.255 e. The van der Waals surface area contributed by atoms with E-state index in [2.05, 4.69) is 20.6 Å². The SMILES string of the molecule is O=C(Nc1cccnc1)c1ccc([C@@H]2C[C@H]2C(=O)Nc2ccc3cnccc3c2)cc1.